The van der Waals surface area contributed by atoms with Gasteiger partial charge in [-0.25, -0.2) is 9.97 Å². The molecule has 5 aromatic rings. The van der Waals surface area contributed by atoms with E-state index < -0.39 is 0 Å². The number of hydrogen-bond donors (Lipinski definition) is 0. The molecule has 0 saturated heterocycles. The van der Waals surface area contributed by atoms with E-state index in [-0.39, 0.29) is 11.9 Å². The molecule has 0 fully saturated rings. The van der Waals surface area contributed by atoms with E-state index in [4.69, 9.17) is 0 Å². The van der Waals surface area contributed by atoms with Crippen molar-refractivity contribution in [3.8, 4) is 5.69 Å². The van der Waals surface area contributed by atoms with E-state index in [0.29, 0.717) is 11.2 Å². The van der Waals surface area contributed by atoms with Gasteiger partial charge >= 0.3 is 0 Å². The molecule has 2 heterocycles. The van der Waals surface area contributed by atoms with Crippen LogP contribution in [-0.4, -0.2) is 37.4 Å². The Labute approximate surface area is 179 Å². The summed E-state index contributed by atoms with van der Waals surface area (Å²) >= 11 is 0. The van der Waals surface area contributed by atoms with E-state index in [9.17, 15) is 4.79 Å². The number of imidazole rings is 1. The first kappa shape index (κ1) is 18.9. The van der Waals surface area contributed by atoms with Gasteiger partial charge in [0.25, 0.3) is 5.91 Å². The van der Waals surface area contributed by atoms with Crippen LogP contribution >= 0.6 is 0 Å². The Morgan fingerprint density at radius 3 is 2.32 bits per heavy atom. The first-order valence-corrected chi connectivity index (χ1v) is 10.1. The molecule has 0 spiro atoms. The summed E-state index contributed by atoms with van der Waals surface area (Å²) in [4.78, 5) is 28.0. The van der Waals surface area contributed by atoms with Gasteiger partial charge in [-0.05, 0) is 48.9 Å². The van der Waals surface area contributed by atoms with Crippen molar-refractivity contribution in [2.24, 2.45) is 0 Å². The summed E-state index contributed by atoms with van der Waals surface area (Å²) in [7, 11) is 1.79. The summed E-state index contributed by atoms with van der Waals surface area (Å²) < 4.78 is 2.06. The van der Waals surface area contributed by atoms with E-state index >= 15 is 0 Å². The molecule has 0 bridgehead atoms. The van der Waals surface area contributed by atoms with Crippen molar-refractivity contribution in [1.29, 1.82) is 0 Å². The maximum absolute atomic E-state index is 13.0. The van der Waals surface area contributed by atoms with Gasteiger partial charge in [0, 0.05) is 12.7 Å². The van der Waals surface area contributed by atoms with Crippen LogP contribution in [0.4, 0.5) is 0 Å². The molecule has 1 atom stereocenters. The summed E-state index contributed by atoms with van der Waals surface area (Å²) in [6, 6.07) is 23.7. The van der Waals surface area contributed by atoms with Crippen LogP contribution in [0.3, 0.4) is 0 Å². The largest absolute Gasteiger partial charge is 0.334 e. The van der Waals surface area contributed by atoms with Gasteiger partial charge in [0.15, 0.2) is 0 Å². The van der Waals surface area contributed by atoms with Crippen LogP contribution in [0.25, 0.3) is 27.8 Å². The van der Waals surface area contributed by atoms with E-state index in [1.807, 2.05) is 80.0 Å². The SMILES string of the molecule is C[C@H](c1ccc(-n2cnc3ccccc32)cc1)N(C)C(=O)c1cnc2ccccc2n1. The second-order valence-electron chi connectivity index (χ2n) is 7.53. The summed E-state index contributed by atoms with van der Waals surface area (Å²) in [6.45, 7) is 2.01. The Morgan fingerprint density at radius 2 is 1.55 bits per heavy atom. The van der Waals surface area contributed by atoms with Crippen LogP contribution in [0.5, 0.6) is 0 Å². The number of para-hydroxylation sites is 4. The van der Waals surface area contributed by atoms with Crippen molar-refractivity contribution in [1.82, 2.24) is 24.4 Å². The van der Waals surface area contributed by atoms with Crippen molar-refractivity contribution in [3.63, 3.8) is 0 Å². The Balaban J connectivity index is 1.38. The van der Waals surface area contributed by atoms with Crippen molar-refractivity contribution in [2.45, 2.75) is 13.0 Å². The number of hydrogen-bond acceptors (Lipinski definition) is 4. The monoisotopic (exact) mass is 407 g/mol. The van der Waals surface area contributed by atoms with Crippen LogP contribution < -0.4 is 0 Å². The highest BCUT2D eigenvalue weighted by molar-refractivity contribution is 5.93. The fourth-order valence-electron chi connectivity index (χ4n) is 3.72. The second kappa shape index (κ2) is 7.65. The Bertz CT molecular complexity index is 1390. The highest BCUT2D eigenvalue weighted by Gasteiger charge is 2.21. The number of rotatable bonds is 4. The molecule has 6 heteroatoms. The van der Waals surface area contributed by atoms with Gasteiger partial charge in [0.05, 0.1) is 34.3 Å². The van der Waals surface area contributed by atoms with Gasteiger partial charge < -0.3 is 4.90 Å². The molecule has 0 N–H and O–H groups in total. The lowest BCUT2D eigenvalue weighted by Gasteiger charge is -2.25. The molecular formula is C25H21N5O. The number of fused-ring (bicyclic) bond motifs is 2. The number of carbonyl (C=O) groups excluding carboxylic acids is 1. The number of amides is 1. The standard InChI is InChI=1S/C25H21N5O/c1-17(29(2)25(31)23-15-26-20-7-3-4-8-21(20)28-23)18-11-13-19(14-12-18)30-16-27-22-9-5-6-10-24(22)30/h3-17H,1-2H3/t17-/m1/s1. The molecule has 152 valence electrons. The Hall–Kier alpha value is -4.06. The van der Waals surface area contributed by atoms with Crippen molar-refractivity contribution in [2.75, 3.05) is 7.05 Å². The quantitative estimate of drug-likeness (QED) is 0.429. The van der Waals surface area contributed by atoms with Gasteiger partial charge in [-0.3, -0.25) is 14.3 Å². The van der Waals surface area contributed by atoms with Crippen LogP contribution in [0, 0.1) is 0 Å². The smallest absolute Gasteiger partial charge is 0.274 e. The van der Waals surface area contributed by atoms with Gasteiger partial charge in [-0.2, -0.15) is 0 Å². The number of benzene rings is 3. The fourth-order valence-corrected chi connectivity index (χ4v) is 3.72. The first-order chi connectivity index (χ1) is 15.1. The molecular weight excluding hydrogens is 386 g/mol. The predicted octanol–water partition coefficient (Wildman–Crippen LogP) is 4.80. The summed E-state index contributed by atoms with van der Waals surface area (Å²) in [5, 5.41) is 0. The molecule has 0 radical (unpaired) electrons. The zero-order valence-electron chi connectivity index (χ0n) is 17.3. The third-order valence-corrected chi connectivity index (χ3v) is 5.68. The van der Waals surface area contributed by atoms with Gasteiger partial charge in [-0.15, -0.1) is 0 Å². The highest BCUT2D eigenvalue weighted by atomic mass is 16.2. The highest BCUT2D eigenvalue weighted by Crippen LogP contribution is 2.24. The summed E-state index contributed by atoms with van der Waals surface area (Å²) in [5.74, 6) is -0.157. The fraction of sp³-hybridized carbons (Fsp3) is 0.120. The number of nitrogens with zero attached hydrogens (tertiary/aromatic N) is 5. The molecule has 0 aliphatic carbocycles. The average molecular weight is 407 g/mol. The Morgan fingerprint density at radius 1 is 0.871 bits per heavy atom. The van der Waals surface area contributed by atoms with Crippen molar-refractivity contribution in [3.05, 3.63) is 96.6 Å². The topological polar surface area (TPSA) is 63.9 Å². The number of aromatic nitrogens is 4. The molecule has 0 saturated carbocycles. The minimum Gasteiger partial charge on any atom is -0.334 e. The lowest BCUT2D eigenvalue weighted by atomic mass is 10.1. The van der Waals surface area contributed by atoms with Gasteiger partial charge in [0.1, 0.15) is 12.0 Å². The number of carbonyl (C=O) groups is 1. The van der Waals surface area contributed by atoms with Crippen molar-refractivity contribution < 1.29 is 4.79 Å². The van der Waals surface area contributed by atoms with Crippen LogP contribution in [0.1, 0.15) is 29.0 Å². The summed E-state index contributed by atoms with van der Waals surface area (Å²) in [6.07, 6.45) is 3.37. The molecule has 0 aliphatic heterocycles. The lowest BCUT2D eigenvalue weighted by Crippen LogP contribution is -2.30. The summed E-state index contributed by atoms with van der Waals surface area (Å²) in [5.41, 5.74) is 5.92. The van der Waals surface area contributed by atoms with Gasteiger partial charge in [-0.1, -0.05) is 36.4 Å². The predicted molar refractivity (Wildman–Crippen MR) is 121 cm³/mol. The molecule has 5 rings (SSSR count). The molecule has 0 unspecified atom stereocenters. The molecule has 31 heavy (non-hydrogen) atoms. The van der Waals surface area contributed by atoms with E-state index in [2.05, 4.69) is 25.6 Å². The lowest BCUT2D eigenvalue weighted by molar-refractivity contribution is 0.0736. The van der Waals surface area contributed by atoms with Gasteiger partial charge in [0.2, 0.25) is 0 Å². The third kappa shape index (κ3) is 3.42. The van der Waals surface area contributed by atoms with Crippen LogP contribution in [-0.2, 0) is 0 Å². The maximum atomic E-state index is 13.0. The van der Waals surface area contributed by atoms with Crippen molar-refractivity contribution >= 4 is 28.0 Å². The van der Waals surface area contributed by atoms with Crippen LogP contribution in [0.15, 0.2) is 85.3 Å². The molecule has 3 aromatic carbocycles. The zero-order valence-corrected chi connectivity index (χ0v) is 17.3. The van der Waals surface area contributed by atoms with E-state index in [1.54, 1.807) is 18.1 Å². The minimum absolute atomic E-state index is 0.116. The van der Waals surface area contributed by atoms with Crippen LogP contribution in [0.2, 0.25) is 0 Å². The zero-order chi connectivity index (χ0) is 21.4. The third-order valence-electron chi connectivity index (χ3n) is 5.68. The van der Waals surface area contributed by atoms with E-state index in [0.717, 1.165) is 27.8 Å². The van der Waals surface area contributed by atoms with E-state index in [1.165, 1.54) is 0 Å². The first-order valence-electron chi connectivity index (χ1n) is 10.1. The molecule has 0 aliphatic rings. The average Bonchev–Trinajstić information content (AvgIpc) is 3.26. The second-order valence-corrected chi connectivity index (χ2v) is 7.53. The minimum atomic E-state index is -0.157. The normalized spacial score (nSPS) is 12.2. The Kier molecular flexibility index (Phi) is 4.67. The molecule has 6 nitrogen and oxygen atoms in total. The molecule has 2 aromatic heterocycles. The molecule has 1 amide bonds. The maximum Gasteiger partial charge on any atom is 0.274 e.